The second-order valence-corrected chi connectivity index (χ2v) is 9.00. The molecule has 2 aliphatic heterocycles. The molecule has 3 aliphatic rings. The summed E-state index contributed by atoms with van der Waals surface area (Å²) < 4.78 is 6.14. The summed E-state index contributed by atoms with van der Waals surface area (Å²) in [4.78, 5) is 2.58. The first-order valence-electron chi connectivity index (χ1n) is 11.2. The average molecular weight is 393 g/mol. The van der Waals surface area contributed by atoms with Crippen molar-refractivity contribution in [2.24, 2.45) is 0 Å². The zero-order chi connectivity index (χ0) is 19.7. The van der Waals surface area contributed by atoms with Crippen molar-refractivity contribution < 1.29 is 9.84 Å². The van der Waals surface area contributed by atoms with Crippen molar-refractivity contribution in [1.29, 1.82) is 0 Å². The molecule has 2 atom stereocenters. The highest BCUT2D eigenvalue weighted by atomic mass is 16.5. The average Bonchev–Trinajstić information content (AvgIpc) is 2.78. The van der Waals surface area contributed by atoms with E-state index in [0.717, 1.165) is 57.6 Å². The molecular weight excluding hydrogens is 360 g/mol. The maximum absolute atomic E-state index is 11.6. The SMILES string of the molecule is OC1(C2CN3CCNCC3c3cc(OCc4ccccc4)ccc32)CCCCC1. The predicted molar refractivity (Wildman–Crippen MR) is 115 cm³/mol. The Hall–Kier alpha value is -1.88. The first-order valence-corrected chi connectivity index (χ1v) is 11.2. The number of rotatable bonds is 4. The zero-order valence-electron chi connectivity index (χ0n) is 17.1. The molecule has 154 valence electrons. The van der Waals surface area contributed by atoms with Crippen LogP contribution in [-0.2, 0) is 6.61 Å². The lowest BCUT2D eigenvalue weighted by Gasteiger charge is -2.49. The smallest absolute Gasteiger partial charge is 0.120 e. The highest BCUT2D eigenvalue weighted by molar-refractivity contribution is 5.43. The summed E-state index contributed by atoms with van der Waals surface area (Å²) >= 11 is 0. The minimum absolute atomic E-state index is 0.204. The molecule has 0 amide bonds. The van der Waals surface area contributed by atoms with Gasteiger partial charge in [-0.1, -0.05) is 55.7 Å². The summed E-state index contributed by atoms with van der Waals surface area (Å²) in [6, 6.07) is 17.3. The summed E-state index contributed by atoms with van der Waals surface area (Å²) in [5, 5.41) is 15.1. The van der Waals surface area contributed by atoms with Gasteiger partial charge in [0.15, 0.2) is 0 Å². The third-order valence-electron chi connectivity index (χ3n) is 7.18. The standard InChI is InChI=1S/C25H32N2O2/c28-25(11-5-2-6-12-25)23-17-27-14-13-26-16-24(27)22-15-20(9-10-21(22)23)29-18-19-7-3-1-4-8-19/h1,3-4,7-10,15,23-24,26,28H,2,5-6,11-14,16-18H2. The largest absolute Gasteiger partial charge is 0.489 e. The number of nitrogens with zero attached hydrogens (tertiary/aromatic N) is 1. The maximum Gasteiger partial charge on any atom is 0.120 e. The summed E-state index contributed by atoms with van der Waals surface area (Å²) in [7, 11) is 0. The molecule has 2 unspecified atom stereocenters. The van der Waals surface area contributed by atoms with Crippen LogP contribution >= 0.6 is 0 Å². The zero-order valence-corrected chi connectivity index (χ0v) is 17.1. The van der Waals surface area contributed by atoms with E-state index >= 15 is 0 Å². The molecule has 2 fully saturated rings. The van der Waals surface area contributed by atoms with Crippen LogP contribution in [0.5, 0.6) is 5.75 Å². The Morgan fingerprint density at radius 1 is 1.03 bits per heavy atom. The third-order valence-corrected chi connectivity index (χ3v) is 7.18. The van der Waals surface area contributed by atoms with Gasteiger partial charge in [0.2, 0.25) is 0 Å². The quantitative estimate of drug-likeness (QED) is 0.825. The summed E-state index contributed by atoms with van der Waals surface area (Å²) in [6.45, 7) is 4.60. The van der Waals surface area contributed by atoms with Crippen LogP contribution in [0.4, 0.5) is 0 Å². The van der Waals surface area contributed by atoms with Crippen molar-refractivity contribution in [2.75, 3.05) is 26.2 Å². The van der Waals surface area contributed by atoms with Gasteiger partial charge in [0.1, 0.15) is 12.4 Å². The van der Waals surface area contributed by atoms with Gasteiger partial charge in [-0.15, -0.1) is 0 Å². The minimum Gasteiger partial charge on any atom is -0.489 e. The van der Waals surface area contributed by atoms with Crippen LogP contribution in [0.15, 0.2) is 48.5 Å². The van der Waals surface area contributed by atoms with E-state index in [1.807, 2.05) is 18.2 Å². The molecule has 4 heteroatoms. The number of fused-ring (bicyclic) bond motifs is 3. The number of ether oxygens (including phenoxy) is 1. The fraction of sp³-hybridized carbons (Fsp3) is 0.520. The summed E-state index contributed by atoms with van der Waals surface area (Å²) in [5.41, 5.74) is 3.31. The van der Waals surface area contributed by atoms with E-state index in [9.17, 15) is 5.11 Å². The Balaban J connectivity index is 1.45. The lowest BCUT2D eigenvalue weighted by molar-refractivity contribution is -0.0420. The second kappa shape index (κ2) is 8.10. The monoisotopic (exact) mass is 392 g/mol. The third kappa shape index (κ3) is 3.81. The molecule has 2 heterocycles. The van der Waals surface area contributed by atoms with E-state index in [1.54, 1.807) is 0 Å². The number of hydrogen-bond acceptors (Lipinski definition) is 4. The normalized spacial score (nSPS) is 26.4. The lowest BCUT2D eigenvalue weighted by Crippen LogP contribution is -2.54. The van der Waals surface area contributed by atoms with Crippen LogP contribution in [0, 0.1) is 0 Å². The van der Waals surface area contributed by atoms with Crippen molar-refractivity contribution in [2.45, 2.75) is 56.3 Å². The highest BCUT2D eigenvalue weighted by Gasteiger charge is 2.45. The number of piperazine rings is 1. The molecule has 5 rings (SSSR count). The molecule has 0 spiro atoms. The Labute approximate surface area is 173 Å². The fourth-order valence-corrected chi connectivity index (χ4v) is 5.57. The van der Waals surface area contributed by atoms with E-state index in [1.165, 1.54) is 23.1 Å². The van der Waals surface area contributed by atoms with Gasteiger partial charge in [-0.2, -0.15) is 0 Å². The van der Waals surface area contributed by atoms with Gasteiger partial charge >= 0.3 is 0 Å². The highest BCUT2D eigenvalue weighted by Crippen LogP contribution is 2.47. The Morgan fingerprint density at radius 2 is 1.86 bits per heavy atom. The van der Waals surface area contributed by atoms with Gasteiger partial charge in [0.05, 0.1) is 5.60 Å². The molecular formula is C25H32N2O2. The van der Waals surface area contributed by atoms with Crippen LogP contribution < -0.4 is 10.1 Å². The topological polar surface area (TPSA) is 44.7 Å². The van der Waals surface area contributed by atoms with Crippen LogP contribution in [0.25, 0.3) is 0 Å². The van der Waals surface area contributed by atoms with Crippen molar-refractivity contribution >= 4 is 0 Å². The van der Waals surface area contributed by atoms with Crippen molar-refractivity contribution in [1.82, 2.24) is 10.2 Å². The molecule has 4 nitrogen and oxygen atoms in total. The van der Waals surface area contributed by atoms with Gasteiger partial charge in [0, 0.05) is 38.1 Å². The lowest BCUT2D eigenvalue weighted by atomic mass is 9.69. The molecule has 2 aromatic rings. The van der Waals surface area contributed by atoms with E-state index < -0.39 is 5.60 Å². The molecule has 1 saturated heterocycles. The Bertz CT molecular complexity index is 832. The van der Waals surface area contributed by atoms with Crippen molar-refractivity contribution in [3.63, 3.8) is 0 Å². The molecule has 1 saturated carbocycles. The van der Waals surface area contributed by atoms with Gasteiger partial charge in [-0.3, -0.25) is 4.90 Å². The summed E-state index contributed by atoms with van der Waals surface area (Å²) in [6.07, 6.45) is 5.40. The summed E-state index contributed by atoms with van der Waals surface area (Å²) in [5.74, 6) is 1.13. The molecule has 2 N–H and O–H groups in total. The van der Waals surface area contributed by atoms with Crippen LogP contribution in [0.2, 0.25) is 0 Å². The van der Waals surface area contributed by atoms with E-state index in [4.69, 9.17) is 4.74 Å². The predicted octanol–water partition coefficient (Wildman–Crippen LogP) is 4.00. The van der Waals surface area contributed by atoms with E-state index in [-0.39, 0.29) is 5.92 Å². The second-order valence-electron chi connectivity index (χ2n) is 9.00. The molecule has 0 bridgehead atoms. The fourth-order valence-electron chi connectivity index (χ4n) is 5.57. The maximum atomic E-state index is 11.6. The van der Waals surface area contributed by atoms with Gasteiger partial charge in [-0.25, -0.2) is 0 Å². The van der Waals surface area contributed by atoms with Gasteiger partial charge in [-0.05, 0) is 41.7 Å². The van der Waals surface area contributed by atoms with E-state index in [2.05, 4.69) is 40.5 Å². The minimum atomic E-state index is -0.560. The molecule has 1 aliphatic carbocycles. The van der Waals surface area contributed by atoms with Gasteiger partial charge in [0.25, 0.3) is 0 Å². The van der Waals surface area contributed by atoms with Crippen LogP contribution in [0.3, 0.4) is 0 Å². The molecule has 0 radical (unpaired) electrons. The molecule has 0 aromatic heterocycles. The van der Waals surface area contributed by atoms with E-state index in [0.29, 0.717) is 12.6 Å². The first-order chi connectivity index (χ1) is 14.2. The van der Waals surface area contributed by atoms with Crippen molar-refractivity contribution in [3.05, 3.63) is 65.2 Å². The first kappa shape index (κ1) is 19.1. The number of benzene rings is 2. The Kier molecular flexibility index (Phi) is 5.33. The van der Waals surface area contributed by atoms with Crippen LogP contribution in [0.1, 0.15) is 60.8 Å². The Morgan fingerprint density at radius 3 is 2.69 bits per heavy atom. The number of aliphatic hydroxyl groups is 1. The van der Waals surface area contributed by atoms with Crippen LogP contribution in [-0.4, -0.2) is 41.8 Å². The number of nitrogens with one attached hydrogen (secondary N) is 1. The molecule has 2 aromatic carbocycles. The number of hydrogen-bond donors (Lipinski definition) is 2. The van der Waals surface area contributed by atoms with Gasteiger partial charge < -0.3 is 15.2 Å². The molecule has 29 heavy (non-hydrogen) atoms. The van der Waals surface area contributed by atoms with Crippen molar-refractivity contribution in [3.8, 4) is 5.75 Å².